The zero-order valence-corrected chi connectivity index (χ0v) is 22.2. The van der Waals surface area contributed by atoms with Crippen LogP contribution in [0.15, 0.2) is 24.5 Å². The summed E-state index contributed by atoms with van der Waals surface area (Å²) in [6, 6.07) is 2.25. The van der Waals surface area contributed by atoms with Gasteiger partial charge < -0.3 is 15.5 Å². The first-order valence-corrected chi connectivity index (χ1v) is 13.0. The van der Waals surface area contributed by atoms with Crippen molar-refractivity contribution in [2.45, 2.75) is 75.9 Å². The summed E-state index contributed by atoms with van der Waals surface area (Å²) in [6.07, 6.45) is -2.70. The van der Waals surface area contributed by atoms with Gasteiger partial charge in [-0.1, -0.05) is 19.4 Å². The van der Waals surface area contributed by atoms with Gasteiger partial charge in [-0.3, -0.25) is 4.79 Å². The van der Waals surface area contributed by atoms with Gasteiger partial charge in [0.15, 0.2) is 0 Å². The van der Waals surface area contributed by atoms with Crippen LogP contribution < -0.4 is 10.6 Å². The van der Waals surface area contributed by atoms with E-state index in [-0.39, 0.29) is 37.2 Å². The van der Waals surface area contributed by atoms with Crippen molar-refractivity contribution in [2.24, 2.45) is 5.73 Å². The number of hydrogen-bond acceptors (Lipinski definition) is 5. The Bertz CT molecular complexity index is 1200. The average Bonchev–Trinajstić information content (AvgIpc) is 3.09. The lowest BCUT2D eigenvalue weighted by Gasteiger charge is -2.38. The lowest BCUT2D eigenvalue weighted by atomic mass is 9.88. The van der Waals surface area contributed by atoms with E-state index in [0.717, 1.165) is 18.5 Å². The molecular formula is C27H33F6N5O. The molecule has 2 N–H and O–H groups in total. The first-order valence-electron chi connectivity index (χ1n) is 13.0. The SMILES string of the molecule is C[C@@H]1CC(F)(F)c2ncnc(N3CCN(C(=O)[C@H](CCCC(C)(C)N)c4ccc(C(F)(F)F)cc4F)CC3)c21. The zero-order chi connectivity index (χ0) is 28.8. The van der Waals surface area contributed by atoms with Gasteiger partial charge in [0.25, 0.3) is 5.92 Å². The largest absolute Gasteiger partial charge is 0.416 e. The van der Waals surface area contributed by atoms with Gasteiger partial charge in [-0.25, -0.2) is 14.4 Å². The van der Waals surface area contributed by atoms with E-state index in [4.69, 9.17) is 5.73 Å². The molecule has 1 aliphatic heterocycles. The Balaban J connectivity index is 1.53. The summed E-state index contributed by atoms with van der Waals surface area (Å²) in [5, 5.41) is 0. The molecule has 0 radical (unpaired) electrons. The molecule has 0 saturated carbocycles. The fraction of sp³-hybridized carbons (Fsp3) is 0.593. The number of aromatic nitrogens is 2. The normalized spacial score (nSPS) is 20.2. The van der Waals surface area contributed by atoms with Crippen LogP contribution in [0, 0.1) is 5.82 Å². The Morgan fingerprint density at radius 2 is 1.82 bits per heavy atom. The lowest BCUT2D eigenvalue weighted by Crippen LogP contribution is -2.50. The number of alkyl halides is 5. The Hall–Kier alpha value is -2.89. The van der Waals surface area contributed by atoms with Crippen molar-refractivity contribution in [3.63, 3.8) is 0 Å². The number of amides is 1. The molecular weight excluding hydrogens is 524 g/mol. The van der Waals surface area contributed by atoms with Crippen LogP contribution in [-0.4, -0.2) is 52.5 Å². The molecule has 0 spiro atoms. The fourth-order valence-corrected chi connectivity index (χ4v) is 5.49. The smallest absolute Gasteiger partial charge is 0.353 e. The Morgan fingerprint density at radius 3 is 2.41 bits per heavy atom. The Kier molecular flexibility index (Phi) is 7.90. The molecule has 4 rings (SSSR count). The van der Waals surface area contributed by atoms with E-state index in [1.54, 1.807) is 11.8 Å². The predicted octanol–water partition coefficient (Wildman–Crippen LogP) is 5.57. The Morgan fingerprint density at radius 1 is 1.15 bits per heavy atom. The predicted molar refractivity (Wildman–Crippen MR) is 134 cm³/mol. The topological polar surface area (TPSA) is 75.4 Å². The summed E-state index contributed by atoms with van der Waals surface area (Å²) in [6.45, 7) is 6.42. The second-order valence-corrected chi connectivity index (χ2v) is 11.2. The van der Waals surface area contributed by atoms with E-state index >= 15 is 0 Å². The van der Waals surface area contributed by atoms with E-state index in [2.05, 4.69) is 9.97 Å². The summed E-state index contributed by atoms with van der Waals surface area (Å²) < 4.78 is 83.0. The van der Waals surface area contributed by atoms with E-state index in [1.165, 1.54) is 0 Å². The summed E-state index contributed by atoms with van der Waals surface area (Å²) in [4.78, 5) is 25.1. The number of hydrogen-bond donors (Lipinski definition) is 1. The number of carbonyl (C=O) groups excluding carboxylic acids is 1. The number of piperazine rings is 1. The summed E-state index contributed by atoms with van der Waals surface area (Å²) >= 11 is 0. The number of nitrogens with zero attached hydrogens (tertiary/aromatic N) is 4. The van der Waals surface area contributed by atoms with E-state index in [9.17, 15) is 31.1 Å². The highest BCUT2D eigenvalue weighted by Crippen LogP contribution is 2.49. The molecule has 1 amide bonds. The minimum atomic E-state index is -4.71. The van der Waals surface area contributed by atoms with Gasteiger partial charge in [-0.2, -0.15) is 22.0 Å². The zero-order valence-electron chi connectivity index (χ0n) is 22.2. The highest BCUT2D eigenvalue weighted by Gasteiger charge is 2.47. The molecule has 39 heavy (non-hydrogen) atoms. The molecule has 1 aliphatic carbocycles. The van der Waals surface area contributed by atoms with Crippen LogP contribution in [0.2, 0.25) is 0 Å². The average molecular weight is 558 g/mol. The minimum Gasteiger partial charge on any atom is -0.353 e. The third-order valence-electron chi connectivity index (χ3n) is 7.47. The van der Waals surface area contributed by atoms with E-state index in [1.807, 2.05) is 18.7 Å². The standard InChI is InChI=1S/C27H33F6N5O/c1-16-14-26(29,30)22-21(16)23(36-15-35-22)37-9-11-38(12-10-37)24(39)19(5-4-8-25(2,3)34)18-7-6-17(13-20(18)28)27(31,32)33/h6-7,13,15-16,19H,4-5,8-12,14,34H2,1-3H3/t16-,19-/m1/s1. The summed E-state index contributed by atoms with van der Waals surface area (Å²) in [5.74, 6) is -5.49. The van der Waals surface area contributed by atoms with Crippen molar-refractivity contribution >= 4 is 11.7 Å². The van der Waals surface area contributed by atoms with Crippen molar-refractivity contribution in [3.8, 4) is 0 Å². The fourth-order valence-electron chi connectivity index (χ4n) is 5.49. The molecule has 12 heteroatoms. The monoisotopic (exact) mass is 557 g/mol. The highest BCUT2D eigenvalue weighted by atomic mass is 19.4. The van der Waals surface area contributed by atoms with Crippen molar-refractivity contribution in [3.05, 3.63) is 52.7 Å². The first-order chi connectivity index (χ1) is 18.1. The van der Waals surface area contributed by atoms with Crippen LogP contribution in [0.4, 0.5) is 32.2 Å². The number of halogens is 6. The molecule has 2 aromatic rings. The molecule has 6 nitrogen and oxygen atoms in total. The molecule has 1 aromatic heterocycles. The van der Waals surface area contributed by atoms with Crippen LogP contribution in [-0.2, 0) is 16.9 Å². The third kappa shape index (κ3) is 6.31. The van der Waals surface area contributed by atoms with E-state index in [0.29, 0.717) is 43.4 Å². The maximum absolute atomic E-state index is 15.0. The number of rotatable bonds is 7. The van der Waals surface area contributed by atoms with Crippen molar-refractivity contribution in [1.29, 1.82) is 0 Å². The quantitative estimate of drug-likeness (QED) is 0.451. The van der Waals surface area contributed by atoms with Gasteiger partial charge >= 0.3 is 6.18 Å². The number of carbonyl (C=O) groups is 1. The minimum absolute atomic E-state index is 0.0880. The molecule has 2 heterocycles. The van der Waals surface area contributed by atoms with Gasteiger partial charge in [0.05, 0.1) is 11.5 Å². The number of fused-ring (bicyclic) bond motifs is 1. The van der Waals surface area contributed by atoms with Crippen LogP contribution in [0.1, 0.15) is 80.7 Å². The summed E-state index contributed by atoms with van der Waals surface area (Å²) in [5.41, 5.74) is 4.47. The second kappa shape index (κ2) is 10.6. The highest BCUT2D eigenvalue weighted by molar-refractivity contribution is 5.84. The number of anilines is 1. The van der Waals surface area contributed by atoms with Crippen molar-refractivity contribution < 1.29 is 31.1 Å². The van der Waals surface area contributed by atoms with Gasteiger partial charge in [0.1, 0.15) is 23.7 Å². The molecule has 1 aromatic carbocycles. The van der Waals surface area contributed by atoms with Gasteiger partial charge in [-0.15, -0.1) is 0 Å². The summed E-state index contributed by atoms with van der Waals surface area (Å²) in [7, 11) is 0. The maximum atomic E-state index is 15.0. The lowest BCUT2D eigenvalue weighted by molar-refractivity contribution is -0.137. The number of nitrogens with two attached hydrogens (primary N) is 1. The molecule has 0 unspecified atom stereocenters. The van der Waals surface area contributed by atoms with Gasteiger partial charge in [0.2, 0.25) is 5.91 Å². The molecule has 2 atom stereocenters. The molecule has 1 saturated heterocycles. The molecule has 0 bridgehead atoms. The van der Waals surface area contributed by atoms with Gasteiger partial charge in [-0.05, 0) is 44.7 Å². The van der Waals surface area contributed by atoms with E-state index < -0.39 is 46.8 Å². The van der Waals surface area contributed by atoms with Crippen LogP contribution in [0.5, 0.6) is 0 Å². The third-order valence-corrected chi connectivity index (χ3v) is 7.47. The van der Waals surface area contributed by atoms with Crippen molar-refractivity contribution in [1.82, 2.24) is 14.9 Å². The Labute approximate surface area is 223 Å². The first kappa shape index (κ1) is 29.1. The van der Waals surface area contributed by atoms with Crippen LogP contribution in [0.3, 0.4) is 0 Å². The maximum Gasteiger partial charge on any atom is 0.416 e. The molecule has 214 valence electrons. The number of benzene rings is 1. The molecule has 2 aliphatic rings. The van der Waals surface area contributed by atoms with Crippen LogP contribution in [0.25, 0.3) is 0 Å². The van der Waals surface area contributed by atoms with Crippen molar-refractivity contribution in [2.75, 3.05) is 31.1 Å². The van der Waals surface area contributed by atoms with Gasteiger partial charge in [0, 0.05) is 49.3 Å². The second-order valence-electron chi connectivity index (χ2n) is 11.2. The van der Waals surface area contributed by atoms with Crippen LogP contribution >= 0.6 is 0 Å². The molecule has 1 fully saturated rings.